The lowest BCUT2D eigenvalue weighted by molar-refractivity contribution is -0.140. The number of aliphatic hydroxyl groups excluding tert-OH is 1. The van der Waals surface area contributed by atoms with Crippen molar-refractivity contribution in [3.63, 3.8) is 0 Å². The third-order valence-corrected chi connectivity index (χ3v) is 5.79. The van der Waals surface area contributed by atoms with Gasteiger partial charge in [0.05, 0.1) is 18.7 Å². The average Bonchev–Trinajstić information content (AvgIpc) is 3.08. The van der Waals surface area contributed by atoms with Crippen molar-refractivity contribution in [2.45, 2.75) is 12.5 Å². The van der Waals surface area contributed by atoms with Crippen molar-refractivity contribution in [3.05, 3.63) is 59.2 Å². The van der Waals surface area contributed by atoms with Crippen LogP contribution in [0, 0.1) is 0 Å². The lowest BCUT2D eigenvalue weighted by Crippen LogP contribution is -2.32. The molecule has 0 aliphatic carbocycles. The topological polar surface area (TPSA) is 88.5 Å². The zero-order valence-corrected chi connectivity index (χ0v) is 19.0. The van der Waals surface area contributed by atoms with Crippen molar-refractivity contribution >= 4 is 17.4 Å². The standard InChI is InChI=1S/C25H28N2O6/c1-26(2)11-6-12-27-22(17-7-4-5-8-18(17)31-3)21(24(29)25(27)30)23(28)16-9-10-19-20(15-16)33-14-13-32-19/h4-5,7-10,15,22,28H,6,11-14H2,1-3H3/b23-21+/t22-/m0/s1. The molecule has 0 aromatic heterocycles. The van der Waals surface area contributed by atoms with E-state index in [9.17, 15) is 14.7 Å². The van der Waals surface area contributed by atoms with Gasteiger partial charge in [-0.1, -0.05) is 18.2 Å². The summed E-state index contributed by atoms with van der Waals surface area (Å²) in [4.78, 5) is 29.8. The van der Waals surface area contributed by atoms with Crippen LogP contribution < -0.4 is 14.2 Å². The van der Waals surface area contributed by atoms with Crippen LogP contribution in [-0.2, 0) is 9.59 Å². The maximum absolute atomic E-state index is 13.2. The van der Waals surface area contributed by atoms with E-state index in [4.69, 9.17) is 14.2 Å². The Hall–Kier alpha value is -3.52. The molecular formula is C25H28N2O6. The van der Waals surface area contributed by atoms with Crippen LogP contribution in [-0.4, -0.2) is 74.1 Å². The highest BCUT2D eigenvalue weighted by atomic mass is 16.6. The van der Waals surface area contributed by atoms with Gasteiger partial charge in [0, 0.05) is 17.7 Å². The molecule has 0 radical (unpaired) electrons. The monoisotopic (exact) mass is 452 g/mol. The molecule has 0 unspecified atom stereocenters. The average molecular weight is 453 g/mol. The van der Waals surface area contributed by atoms with Crippen molar-refractivity contribution in [2.24, 2.45) is 0 Å². The summed E-state index contributed by atoms with van der Waals surface area (Å²) >= 11 is 0. The van der Waals surface area contributed by atoms with Crippen molar-refractivity contribution in [1.29, 1.82) is 0 Å². The number of nitrogens with zero attached hydrogens (tertiary/aromatic N) is 2. The number of rotatable bonds is 7. The molecule has 1 N–H and O–H groups in total. The number of likely N-dealkylation sites (tertiary alicyclic amines) is 1. The second kappa shape index (κ2) is 9.54. The number of para-hydroxylation sites is 1. The Bertz CT molecular complexity index is 1090. The highest BCUT2D eigenvalue weighted by Crippen LogP contribution is 2.43. The fourth-order valence-corrected chi connectivity index (χ4v) is 4.23. The van der Waals surface area contributed by atoms with Crippen LogP contribution in [0.1, 0.15) is 23.6 Å². The van der Waals surface area contributed by atoms with Crippen molar-refractivity contribution in [3.8, 4) is 17.2 Å². The predicted molar refractivity (Wildman–Crippen MR) is 123 cm³/mol. The van der Waals surface area contributed by atoms with Crippen LogP contribution in [0.15, 0.2) is 48.0 Å². The van der Waals surface area contributed by atoms with E-state index in [1.807, 2.05) is 37.2 Å². The van der Waals surface area contributed by atoms with Gasteiger partial charge in [0.2, 0.25) is 0 Å². The summed E-state index contributed by atoms with van der Waals surface area (Å²) in [6.45, 7) is 1.96. The molecule has 0 spiro atoms. The van der Waals surface area contributed by atoms with E-state index in [1.165, 1.54) is 12.0 Å². The maximum atomic E-state index is 13.2. The Labute approximate surface area is 193 Å². The second-order valence-corrected chi connectivity index (χ2v) is 8.25. The van der Waals surface area contributed by atoms with Gasteiger partial charge in [0.1, 0.15) is 24.7 Å². The number of carbonyl (C=O) groups excluding carboxylic acids is 2. The minimum atomic E-state index is -0.767. The molecule has 8 heteroatoms. The van der Waals surface area contributed by atoms with Crippen molar-refractivity contribution in [1.82, 2.24) is 9.80 Å². The van der Waals surface area contributed by atoms with Crippen LogP contribution in [0.25, 0.3) is 5.76 Å². The van der Waals surface area contributed by atoms with E-state index >= 15 is 0 Å². The molecule has 2 aromatic carbocycles. The third-order valence-electron chi connectivity index (χ3n) is 5.79. The fourth-order valence-electron chi connectivity index (χ4n) is 4.23. The van der Waals surface area contributed by atoms with E-state index in [0.29, 0.717) is 54.6 Å². The minimum Gasteiger partial charge on any atom is -0.507 e. The Morgan fingerprint density at radius 1 is 1.12 bits per heavy atom. The Kier molecular flexibility index (Phi) is 6.55. The molecule has 0 saturated carbocycles. The van der Waals surface area contributed by atoms with Gasteiger partial charge in [0.15, 0.2) is 11.5 Å². The van der Waals surface area contributed by atoms with E-state index in [1.54, 1.807) is 24.3 Å². The van der Waals surface area contributed by atoms with Crippen LogP contribution in [0.4, 0.5) is 0 Å². The number of methoxy groups -OCH3 is 1. The van der Waals surface area contributed by atoms with Gasteiger partial charge in [-0.25, -0.2) is 0 Å². The normalized spacial score (nSPS) is 19.3. The summed E-state index contributed by atoms with van der Waals surface area (Å²) in [5.74, 6) is -0.0131. The van der Waals surface area contributed by atoms with Gasteiger partial charge in [0.25, 0.3) is 11.7 Å². The third kappa shape index (κ3) is 4.39. The van der Waals surface area contributed by atoms with Crippen molar-refractivity contribution in [2.75, 3.05) is 47.5 Å². The molecule has 174 valence electrons. The van der Waals surface area contributed by atoms with E-state index in [2.05, 4.69) is 0 Å². The highest BCUT2D eigenvalue weighted by molar-refractivity contribution is 6.46. The van der Waals surface area contributed by atoms with Crippen LogP contribution >= 0.6 is 0 Å². The molecule has 0 bridgehead atoms. The molecule has 2 aromatic rings. The first-order valence-electron chi connectivity index (χ1n) is 10.9. The number of carbonyl (C=O) groups is 2. The largest absolute Gasteiger partial charge is 0.507 e. The fraction of sp³-hybridized carbons (Fsp3) is 0.360. The van der Waals surface area contributed by atoms with E-state index in [-0.39, 0.29) is 11.3 Å². The van der Waals surface area contributed by atoms with Crippen molar-refractivity contribution < 1.29 is 28.9 Å². The summed E-state index contributed by atoms with van der Waals surface area (Å²) in [5, 5.41) is 11.3. The first-order chi connectivity index (χ1) is 15.9. The number of amides is 1. The van der Waals surface area contributed by atoms with Gasteiger partial charge in [-0.2, -0.15) is 0 Å². The van der Waals surface area contributed by atoms with Gasteiger partial charge >= 0.3 is 0 Å². The number of aliphatic hydroxyl groups is 1. The number of hydrogen-bond donors (Lipinski definition) is 1. The second-order valence-electron chi connectivity index (χ2n) is 8.25. The maximum Gasteiger partial charge on any atom is 0.295 e. The van der Waals surface area contributed by atoms with Gasteiger partial charge in [-0.05, 0) is 51.3 Å². The number of benzene rings is 2. The molecular weight excluding hydrogens is 424 g/mol. The summed E-state index contributed by atoms with van der Waals surface area (Å²) in [5.41, 5.74) is 1.06. The Morgan fingerprint density at radius 2 is 1.85 bits per heavy atom. The Balaban J connectivity index is 1.82. The molecule has 1 saturated heterocycles. The summed E-state index contributed by atoms with van der Waals surface area (Å²) in [6.07, 6.45) is 0.676. The van der Waals surface area contributed by atoms with E-state index < -0.39 is 17.7 Å². The SMILES string of the molecule is COc1ccccc1[C@H]1/C(=C(\O)c2ccc3c(c2)OCCO3)C(=O)C(=O)N1CCCN(C)C. The zero-order valence-electron chi connectivity index (χ0n) is 19.0. The Morgan fingerprint density at radius 3 is 2.58 bits per heavy atom. The molecule has 2 aliphatic rings. The lowest BCUT2D eigenvalue weighted by Gasteiger charge is -2.27. The van der Waals surface area contributed by atoms with Crippen LogP contribution in [0.2, 0.25) is 0 Å². The van der Waals surface area contributed by atoms with Crippen LogP contribution in [0.5, 0.6) is 17.2 Å². The molecule has 4 rings (SSSR count). The van der Waals surface area contributed by atoms with Gasteiger partial charge in [-0.3, -0.25) is 9.59 Å². The molecule has 1 amide bonds. The number of hydrogen-bond acceptors (Lipinski definition) is 7. The smallest absolute Gasteiger partial charge is 0.295 e. The van der Waals surface area contributed by atoms with Gasteiger partial charge < -0.3 is 29.1 Å². The zero-order chi connectivity index (χ0) is 23.5. The summed E-state index contributed by atoms with van der Waals surface area (Å²) in [6, 6.07) is 11.4. The van der Waals surface area contributed by atoms with Crippen LogP contribution in [0.3, 0.4) is 0 Å². The molecule has 2 aliphatic heterocycles. The molecule has 8 nitrogen and oxygen atoms in total. The first-order valence-corrected chi connectivity index (χ1v) is 10.9. The number of fused-ring (bicyclic) bond motifs is 1. The minimum absolute atomic E-state index is 0.0334. The quantitative estimate of drug-likeness (QED) is 0.393. The molecule has 33 heavy (non-hydrogen) atoms. The lowest BCUT2D eigenvalue weighted by atomic mass is 9.94. The first kappa shape index (κ1) is 22.7. The van der Waals surface area contributed by atoms with E-state index in [0.717, 1.165) is 6.54 Å². The number of ketones is 1. The number of ether oxygens (including phenoxy) is 3. The molecule has 2 heterocycles. The summed E-state index contributed by atoms with van der Waals surface area (Å²) < 4.78 is 16.7. The summed E-state index contributed by atoms with van der Waals surface area (Å²) in [7, 11) is 5.44. The molecule has 1 atom stereocenters. The number of Topliss-reactive ketones (excluding diaryl/α,β-unsaturated/α-hetero) is 1. The molecule has 1 fully saturated rings. The highest BCUT2D eigenvalue weighted by Gasteiger charge is 2.46. The predicted octanol–water partition coefficient (Wildman–Crippen LogP) is 2.84. The van der Waals surface area contributed by atoms with Gasteiger partial charge in [-0.15, -0.1) is 0 Å².